The summed E-state index contributed by atoms with van der Waals surface area (Å²) in [4.78, 5) is 0. The normalized spacial score (nSPS) is 14.0. The molecule has 1 N–H and O–H groups in total. The third kappa shape index (κ3) is 2.54. The van der Waals surface area contributed by atoms with E-state index >= 15 is 0 Å². The van der Waals surface area contributed by atoms with Gasteiger partial charge in [0.25, 0.3) is 0 Å². The van der Waals surface area contributed by atoms with Crippen LogP contribution in [0.4, 0.5) is 0 Å². The Kier molecular flexibility index (Phi) is 3.06. The first-order valence-corrected chi connectivity index (χ1v) is 5.86. The molecule has 72 valence electrons. The average molecular weight is 200 g/mol. The molecule has 0 saturated carbocycles. The molecule has 0 fully saturated rings. The van der Waals surface area contributed by atoms with E-state index in [1.165, 1.54) is 0 Å². The SMILES string of the molecule is CS(=O)(=O)C(CO)c1ccccc1. The summed E-state index contributed by atoms with van der Waals surface area (Å²) in [5.74, 6) is 0. The molecule has 0 saturated heterocycles. The summed E-state index contributed by atoms with van der Waals surface area (Å²) < 4.78 is 22.4. The minimum atomic E-state index is -3.22. The molecule has 0 amide bonds. The van der Waals surface area contributed by atoms with Crippen molar-refractivity contribution < 1.29 is 13.5 Å². The van der Waals surface area contributed by atoms with E-state index in [2.05, 4.69) is 0 Å². The van der Waals surface area contributed by atoms with Gasteiger partial charge in [0.2, 0.25) is 0 Å². The van der Waals surface area contributed by atoms with Gasteiger partial charge in [0.1, 0.15) is 5.25 Å². The smallest absolute Gasteiger partial charge is 0.156 e. The van der Waals surface area contributed by atoms with E-state index in [1.807, 2.05) is 0 Å². The van der Waals surface area contributed by atoms with E-state index in [0.29, 0.717) is 5.56 Å². The number of hydrogen-bond donors (Lipinski definition) is 1. The highest BCUT2D eigenvalue weighted by molar-refractivity contribution is 7.90. The lowest BCUT2D eigenvalue weighted by atomic mass is 10.2. The molecule has 0 aliphatic heterocycles. The molecule has 0 aliphatic rings. The Bertz CT molecular complexity index is 356. The summed E-state index contributed by atoms with van der Waals surface area (Å²) in [6.07, 6.45) is 1.13. The molecule has 0 aliphatic carbocycles. The molecule has 1 atom stereocenters. The van der Waals surface area contributed by atoms with Crippen LogP contribution < -0.4 is 0 Å². The largest absolute Gasteiger partial charge is 0.395 e. The number of hydrogen-bond acceptors (Lipinski definition) is 3. The quantitative estimate of drug-likeness (QED) is 0.784. The molecular formula is C9H12O3S. The standard InChI is InChI=1S/C9H12O3S/c1-13(11,12)9(7-10)8-5-3-2-4-6-8/h2-6,9-10H,7H2,1H3. The summed E-state index contributed by atoms with van der Waals surface area (Å²) in [7, 11) is -3.22. The maximum absolute atomic E-state index is 11.2. The molecule has 1 unspecified atom stereocenters. The number of sulfone groups is 1. The molecule has 4 heteroatoms. The lowest BCUT2D eigenvalue weighted by Gasteiger charge is -2.11. The van der Waals surface area contributed by atoms with Crippen molar-refractivity contribution in [3.05, 3.63) is 35.9 Å². The number of benzene rings is 1. The van der Waals surface area contributed by atoms with Crippen LogP contribution in [0.15, 0.2) is 30.3 Å². The second-order valence-corrected chi connectivity index (χ2v) is 5.14. The Morgan fingerprint density at radius 3 is 2.23 bits per heavy atom. The maximum atomic E-state index is 11.2. The van der Waals surface area contributed by atoms with Crippen LogP contribution in [0.5, 0.6) is 0 Å². The fourth-order valence-corrected chi connectivity index (χ4v) is 2.08. The van der Waals surface area contributed by atoms with Crippen molar-refractivity contribution in [2.24, 2.45) is 0 Å². The van der Waals surface area contributed by atoms with Gasteiger partial charge in [-0.25, -0.2) is 8.42 Å². The first-order valence-electron chi connectivity index (χ1n) is 3.90. The Hall–Kier alpha value is -0.870. The van der Waals surface area contributed by atoms with Gasteiger partial charge in [0, 0.05) is 6.26 Å². The molecule has 13 heavy (non-hydrogen) atoms. The van der Waals surface area contributed by atoms with Gasteiger partial charge in [-0.2, -0.15) is 0 Å². The Balaban J connectivity index is 3.06. The fourth-order valence-electron chi connectivity index (χ4n) is 1.16. The van der Waals surface area contributed by atoms with Crippen molar-refractivity contribution in [3.63, 3.8) is 0 Å². The fraction of sp³-hybridized carbons (Fsp3) is 0.333. The summed E-state index contributed by atoms with van der Waals surface area (Å²) in [5.41, 5.74) is 0.632. The topological polar surface area (TPSA) is 54.4 Å². The zero-order valence-electron chi connectivity index (χ0n) is 7.34. The lowest BCUT2D eigenvalue weighted by molar-refractivity contribution is 0.292. The second kappa shape index (κ2) is 3.89. The van der Waals surface area contributed by atoms with Crippen molar-refractivity contribution in [1.29, 1.82) is 0 Å². The van der Waals surface area contributed by atoms with E-state index < -0.39 is 15.1 Å². The number of rotatable bonds is 3. The van der Waals surface area contributed by atoms with Crippen LogP contribution in [-0.2, 0) is 9.84 Å². The highest BCUT2D eigenvalue weighted by atomic mass is 32.2. The molecule has 1 aromatic rings. The highest BCUT2D eigenvalue weighted by Crippen LogP contribution is 2.20. The maximum Gasteiger partial charge on any atom is 0.156 e. The van der Waals surface area contributed by atoms with Crippen LogP contribution >= 0.6 is 0 Å². The molecule has 0 bridgehead atoms. The van der Waals surface area contributed by atoms with Crippen LogP contribution in [-0.4, -0.2) is 26.4 Å². The molecule has 0 heterocycles. The van der Waals surface area contributed by atoms with Crippen LogP contribution in [0.25, 0.3) is 0 Å². The summed E-state index contributed by atoms with van der Waals surface area (Å²) in [5, 5.41) is 8.14. The van der Waals surface area contributed by atoms with E-state index in [1.54, 1.807) is 30.3 Å². The van der Waals surface area contributed by atoms with E-state index in [0.717, 1.165) is 6.26 Å². The molecule has 0 spiro atoms. The summed E-state index contributed by atoms with van der Waals surface area (Å²) in [6, 6.07) is 8.70. The zero-order valence-corrected chi connectivity index (χ0v) is 8.16. The first kappa shape index (κ1) is 10.2. The van der Waals surface area contributed by atoms with Gasteiger partial charge in [-0.05, 0) is 5.56 Å². The summed E-state index contributed by atoms with van der Waals surface area (Å²) in [6.45, 7) is -0.372. The van der Waals surface area contributed by atoms with Crippen LogP contribution in [0, 0.1) is 0 Å². The Morgan fingerprint density at radius 2 is 1.85 bits per heavy atom. The zero-order chi connectivity index (χ0) is 9.90. The Labute approximate surface area is 77.9 Å². The molecular weight excluding hydrogens is 188 g/mol. The summed E-state index contributed by atoms with van der Waals surface area (Å²) >= 11 is 0. The lowest BCUT2D eigenvalue weighted by Crippen LogP contribution is -2.15. The molecule has 0 radical (unpaired) electrons. The Morgan fingerprint density at radius 1 is 1.31 bits per heavy atom. The van der Waals surface area contributed by atoms with Crippen molar-refractivity contribution >= 4 is 9.84 Å². The van der Waals surface area contributed by atoms with Crippen LogP contribution in [0.3, 0.4) is 0 Å². The van der Waals surface area contributed by atoms with E-state index in [4.69, 9.17) is 5.11 Å². The van der Waals surface area contributed by atoms with Gasteiger partial charge < -0.3 is 5.11 Å². The second-order valence-electron chi connectivity index (χ2n) is 2.91. The van der Waals surface area contributed by atoms with Gasteiger partial charge in [-0.3, -0.25) is 0 Å². The van der Waals surface area contributed by atoms with Gasteiger partial charge in [-0.15, -0.1) is 0 Å². The number of aliphatic hydroxyl groups is 1. The van der Waals surface area contributed by atoms with Gasteiger partial charge in [-0.1, -0.05) is 30.3 Å². The predicted molar refractivity (Wildman–Crippen MR) is 51.1 cm³/mol. The van der Waals surface area contributed by atoms with Crippen molar-refractivity contribution in [3.8, 4) is 0 Å². The minimum Gasteiger partial charge on any atom is -0.395 e. The van der Waals surface area contributed by atoms with E-state index in [-0.39, 0.29) is 6.61 Å². The number of aliphatic hydroxyl groups excluding tert-OH is 1. The molecule has 0 aromatic heterocycles. The van der Waals surface area contributed by atoms with E-state index in [9.17, 15) is 8.42 Å². The highest BCUT2D eigenvalue weighted by Gasteiger charge is 2.20. The van der Waals surface area contributed by atoms with Crippen LogP contribution in [0.1, 0.15) is 10.8 Å². The third-order valence-corrected chi connectivity index (χ3v) is 3.31. The molecule has 1 aromatic carbocycles. The van der Waals surface area contributed by atoms with Gasteiger partial charge in [0.15, 0.2) is 9.84 Å². The third-order valence-electron chi connectivity index (χ3n) is 1.85. The average Bonchev–Trinajstić information content (AvgIpc) is 2.05. The van der Waals surface area contributed by atoms with Gasteiger partial charge in [0.05, 0.1) is 6.61 Å². The minimum absolute atomic E-state index is 0.372. The van der Waals surface area contributed by atoms with Crippen molar-refractivity contribution in [2.75, 3.05) is 12.9 Å². The van der Waals surface area contributed by atoms with Crippen molar-refractivity contribution in [1.82, 2.24) is 0 Å². The van der Waals surface area contributed by atoms with Crippen molar-refractivity contribution in [2.45, 2.75) is 5.25 Å². The van der Waals surface area contributed by atoms with Crippen LogP contribution in [0.2, 0.25) is 0 Å². The predicted octanol–water partition coefficient (Wildman–Crippen LogP) is 0.765. The molecule has 1 rings (SSSR count). The first-order chi connectivity index (χ1) is 6.05. The van der Waals surface area contributed by atoms with Gasteiger partial charge >= 0.3 is 0 Å². The molecule has 3 nitrogen and oxygen atoms in total. The monoisotopic (exact) mass is 200 g/mol.